The van der Waals surface area contributed by atoms with Gasteiger partial charge in [-0.25, -0.2) is 0 Å². The molecule has 2 aliphatic rings. The molecule has 2 saturated heterocycles. The first-order valence-corrected chi connectivity index (χ1v) is 7.66. The molecule has 0 aromatic heterocycles. The Morgan fingerprint density at radius 1 is 1.44 bits per heavy atom. The molecule has 0 amide bonds. The van der Waals surface area contributed by atoms with E-state index in [-0.39, 0.29) is 0 Å². The second-order valence-corrected chi connectivity index (χ2v) is 6.78. The van der Waals surface area contributed by atoms with E-state index in [0.29, 0.717) is 12.5 Å². The highest BCUT2D eigenvalue weighted by Crippen LogP contribution is 2.39. The smallest absolute Gasteiger partial charge is 0.0855 e. The molecule has 4 heteroatoms. The second-order valence-electron chi connectivity index (χ2n) is 5.46. The molecule has 1 aromatic rings. The normalized spacial score (nSPS) is 31.8. The third-order valence-corrected chi connectivity index (χ3v) is 5.17. The first kappa shape index (κ1) is 12.9. The summed E-state index contributed by atoms with van der Waals surface area (Å²) in [5.41, 5.74) is 0.463. The zero-order chi connectivity index (χ0) is 12.8. The summed E-state index contributed by atoms with van der Waals surface area (Å²) in [6.07, 6.45) is 3.86. The van der Waals surface area contributed by atoms with E-state index in [4.69, 9.17) is 11.6 Å². The average molecular weight is 331 g/mol. The van der Waals surface area contributed by atoms with E-state index in [0.717, 1.165) is 41.0 Å². The predicted molar refractivity (Wildman–Crippen MR) is 77.0 cm³/mol. The number of nitrogens with zero attached hydrogens (tertiary/aromatic N) is 1. The van der Waals surface area contributed by atoms with E-state index in [1.165, 1.54) is 6.42 Å². The fourth-order valence-corrected chi connectivity index (χ4v) is 4.15. The Morgan fingerprint density at radius 2 is 2.28 bits per heavy atom. The summed E-state index contributed by atoms with van der Waals surface area (Å²) in [6.45, 7) is 2.16. The molecule has 0 spiro atoms. The van der Waals surface area contributed by atoms with Crippen molar-refractivity contribution in [2.75, 3.05) is 13.1 Å². The number of fused-ring (bicyclic) bond motifs is 1. The van der Waals surface area contributed by atoms with Crippen LogP contribution in [-0.4, -0.2) is 34.7 Å². The van der Waals surface area contributed by atoms with Crippen molar-refractivity contribution >= 4 is 27.5 Å². The SMILES string of the molecule is OC1(Cc2ccc(Br)cc2Cl)CCN2CCCC21. The van der Waals surface area contributed by atoms with Crippen molar-refractivity contribution in [1.82, 2.24) is 4.90 Å². The van der Waals surface area contributed by atoms with Crippen molar-refractivity contribution in [3.63, 3.8) is 0 Å². The highest BCUT2D eigenvalue weighted by molar-refractivity contribution is 9.10. The minimum absolute atomic E-state index is 0.331. The summed E-state index contributed by atoms with van der Waals surface area (Å²) in [6, 6.07) is 6.24. The van der Waals surface area contributed by atoms with Gasteiger partial charge in [-0.1, -0.05) is 33.6 Å². The summed E-state index contributed by atoms with van der Waals surface area (Å²) in [4.78, 5) is 2.42. The maximum atomic E-state index is 10.9. The van der Waals surface area contributed by atoms with Gasteiger partial charge in [-0.05, 0) is 43.5 Å². The molecule has 1 N–H and O–H groups in total. The molecule has 18 heavy (non-hydrogen) atoms. The van der Waals surface area contributed by atoms with Crippen LogP contribution in [0, 0.1) is 0 Å². The van der Waals surface area contributed by atoms with Crippen molar-refractivity contribution in [2.24, 2.45) is 0 Å². The second kappa shape index (κ2) is 4.78. The van der Waals surface area contributed by atoms with E-state index in [1.54, 1.807) is 0 Å². The zero-order valence-electron chi connectivity index (χ0n) is 10.2. The predicted octanol–water partition coefficient (Wildman–Crippen LogP) is 3.24. The molecule has 2 fully saturated rings. The maximum absolute atomic E-state index is 10.9. The van der Waals surface area contributed by atoms with Gasteiger partial charge < -0.3 is 5.11 Å². The van der Waals surface area contributed by atoms with Crippen LogP contribution in [0.1, 0.15) is 24.8 Å². The summed E-state index contributed by atoms with van der Waals surface area (Å²) in [5, 5.41) is 11.6. The van der Waals surface area contributed by atoms with Crippen molar-refractivity contribution in [3.05, 3.63) is 33.3 Å². The Morgan fingerprint density at radius 3 is 3.06 bits per heavy atom. The van der Waals surface area contributed by atoms with Crippen LogP contribution in [0.25, 0.3) is 0 Å². The number of aliphatic hydroxyl groups is 1. The fraction of sp³-hybridized carbons (Fsp3) is 0.571. The third-order valence-electron chi connectivity index (χ3n) is 4.33. The summed E-state index contributed by atoms with van der Waals surface area (Å²) in [5.74, 6) is 0. The Labute approximate surface area is 121 Å². The average Bonchev–Trinajstić information content (AvgIpc) is 2.88. The highest BCUT2D eigenvalue weighted by atomic mass is 79.9. The molecule has 2 heterocycles. The van der Waals surface area contributed by atoms with Gasteiger partial charge in [0.05, 0.1) is 5.60 Å². The van der Waals surface area contributed by atoms with Gasteiger partial charge >= 0.3 is 0 Å². The number of benzene rings is 1. The van der Waals surface area contributed by atoms with E-state index in [1.807, 2.05) is 18.2 Å². The molecular formula is C14H17BrClNO. The van der Waals surface area contributed by atoms with Crippen LogP contribution in [0.15, 0.2) is 22.7 Å². The molecule has 0 aliphatic carbocycles. The van der Waals surface area contributed by atoms with Crippen LogP contribution in [0.5, 0.6) is 0 Å². The van der Waals surface area contributed by atoms with Gasteiger partial charge in [-0.3, -0.25) is 4.90 Å². The zero-order valence-corrected chi connectivity index (χ0v) is 12.5. The van der Waals surface area contributed by atoms with Gasteiger partial charge in [-0.2, -0.15) is 0 Å². The van der Waals surface area contributed by atoms with Gasteiger partial charge in [0.25, 0.3) is 0 Å². The lowest BCUT2D eigenvalue weighted by Gasteiger charge is -2.30. The molecule has 0 radical (unpaired) electrons. The van der Waals surface area contributed by atoms with Gasteiger partial charge in [-0.15, -0.1) is 0 Å². The summed E-state index contributed by atoms with van der Waals surface area (Å²) in [7, 11) is 0. The monoisotopic (exact) mass is 329 g/mol. The van der Waals surface area contributed by atoms with Crippen LogP contribution in [0.4, 0.5) is 0 Å². The van der Waals surface area contributed by atoms with Crippen LogP contribution in [-0.2, 0) is 6.42 Å². The van der Waals surface area contributed by atoms with Crippen LogP contribution in [0.2, 0.25) is 5.02 Å². The lowest BCUT2D eigenvalue weighted by molar-refractivity contribution is 0.0141. The summed E-state index contributed by atoms with van der Waals surface area (Å²) < 4.78 is 0.983. The van der Waals surface area contributed by atoms with Gasteiger partial charge in [0, 0.05) is 28.5 Å². The van der Waals surface area contributed by atoms with Crippen LogP contribution in [0.3, 0.4) is 0 Å². The van der Waals surface area contributed by atoms with Crippen LogP contribution >= 0.6 is 27.5 Å². The first-order chi connectivity index (χ1) is 8.58. The standard InChI is InChI=1S/C14H17BrClNO/c15-11-4-3-10(12(16)8-11)9-14(18)5-7-17-6-1-2-13(14)17/h3-4,8,13,18H,1-2,5-7,9H2. The summed E-state index contributed by atoms with van der Waals surface area (Å²) >= 11 is 9.67. The Bertz CT molecular complexity index is 467. The van der Waals surface area contributed by atoms with Gasteiger partial charge in [0.15, 0.2) is 0 Å². The minimum atomic E-state index is -0.589. The number of halogens is 2. The Kier molecular flexibility index (Phi) is 3.43. The number of rotatable bonds is 2. The molecule has 2 atom stereocenters. The maximum Gasteiger partial charge on any atom is 0.0855 e. The highest BCUT2D eigenvalue weighted by Gasteiger charge is 2.47. The molecular weight excluding hydrogens is 314 g/mol. The Balaban J connectivity index is 1.83. The van der Waals surface area contributed by atoms with E-state index < -0.39 is 5.60 Å². The molecule has 0 bridgehead atoms. The lowest BCUT2D eigenvalue weighted by Crippen LogP contribution is -2.43. The first-order valence-electron chi connectivity index (χ1n) is 6.49. The van der Waals surface area contributed by atoms with Crippen molar-refractivity contribution < 1.29 is 5.11 Å². The number of hydrogen-bond donors (Lipinski definition) is 1. The molecule has 98 valence electrons. The fourth-order valence-electron chi connectivity index (χ4n) is 3.41. The van der Waals surface area contributed by atoms with E-state index in [9.17, 15) is 5.11 Å². The van der Waals surface area contributed by atoms with Gasteiger partial charge in [0.2, 0.25) is 0 Å². The van der Waals surface area contributed by atoms with E-state index in [2.05, 4.69) is 20.8 Å². The van der Waals surface area contributed by atoms with Crippen LogP contribution < -0.4 is 0 Å². The van der Waals surface area contributed by atoms with Crippen molar-refractivity contribution in [1.29, 1.82) is 0 Å². The molecule has 2 aliphatic heterocycles. The molecule has 2 nitrogen and oxygen atoms in total. The quantitative estimate of drug-likeness (QED) is 0.900. The molecule has 2 unspecified atom stereocenters. The molecule has 3 rings (SSSR count). The Hall–Kier alpha value is -0.0900. The van der Waals surface area contributed by atoms with Crippen molar-refractivity contribution in [3.8, 4) is 0 Å². The molecule has 1 aromatic carbocycles. The number of hydrogen-bond acceptors (Lipinski definition) is 2. The van der Waals surface area contributed by atoms with Gasteiger partial charge in [0.1, 0.15) is 0 Å². The third kappa shape index (κ3) is 2.22. The largest absolute Gasteiger partial charge is 0.388 e. The van der Waals surface area contributed by atoms with Crippen molar-refractivity contribution in [2.45, 2.75) is 37.3 Å². The topological polar surface area (TPSA) is 23.5 Å². The minimum Gasteiger partial charge on any atom is -0.388 e. The lowest BCUT2D eigenvalue weighted by atomic mass is 9.86. The molecule has 0 saturated carbocycles. The van der Waals surface area contributed by atoms with E-state index >= 15 is 0 Å².